The highest BCUT2D eigenvalue weighted by Gasteiger charge is 2.30. The molecule has 0 bridgehead atoms. The highest BCUT2D eigenvalue weighted by atomic mass is 16.5. The summed E-state index contributed by atoms with van der Waals surface area (Å²) < 4.78 is 5.25. The third-order valence-electron chi connectivity index (χ3n) is 3.88. The predicted molar refractivity (Wildman–Crippen MR) is 65.0 cm³/mol. The summed E-state index contributed by atoms with van der Waals surface area (Å²) in [5.41, 5.74) is 0. The topological polar surface area (TPSA) is 59.2 Å². The standard InChI is InChI=1S/C13H19N3O2/c1-2-9-7-16(6-5-11(9)17)8-12-14-13(18-15-12)10-3-4-10/h9-10H,2-8H2,1H3. The molecule has 1 aromatic rings. The van der Waals surface area contributed by atoms with Crippen molar-refractivity contribution in [1.82, 2.24) is 15.0 Å². The summed E-state index contributed by atoms with van der Waals surface area (Å²) in [6, 6.07) is 0. The van der Waals surface area contributed by atoms with Crippen LogP contribution >= 0.6 is 0 Å². The Morgan fingerprint density at radius 2 is 2.28 bits per heavy atom. The van der Waals surface area contributed by atoms with Crippen LogP contribution in [0.4, 0.5) is 0 Å². The number of carbonyl (C=O) groups is 1. The first-order valence-corrected chi connectivity index (χ1v) is 6.83. The van der Waals surface area contributed by atoms with Gasteiger partial charge in [0.1, 0.15) is 5.78 Å². The first kappa shape index (κ1) is 11.8. The lowest BCUT2D eigenvalue weighted by Gasteiger charge is -2.30. The summed E-state index contributed by atoms with van der Waals surface area (Å²) in [5.74, 6) is 2.66. The zero-order valence-corrected chi connectivity index (χ0v) is 10.8. The zero-order chi connectivity index (χ0) is 12.5. The van der Waals surface area contributed by atoms with Gasteiger partial charge in [0.25, 0.3) is 0 Å². The van der Waals surface area contributed by atoms with Crippen molar-refractivity contribution in [2.75, 3.05) is 13.1 Å². The number of carbonyl (C=O) groups excluding carboxylic acids is 1. The molecule has 1 aromatic heterocycles. The third kappa shape index (κ3) is 2.46. The molecule has 2 heterocycles. The summed E-state index contributed by atoms with van der Waals surface area (Å²) in [6.45, 7) is 4.44. The Kier molecular flexibility index (Phi) is 3.16. The van der Waals surface area contributed by atoms with Crippen molar-refractivity contribution in [1.29, 1.82) is 0 Å². The van der Waals surface area contributed by atoms with Crippen molar-refractivity contribution >= 4 is 5.78 Å². The van der Waals surface area contributed by atoms with Crippen LogP contribution in [0.1, 0.15) is 50.2 Å². The minimum Gasteiger partial charge on any atom is -0.339 e. The van der Waals surface area contributed by atoms with Gasteiger partial charge in [-0.15, -0.1) is 0 Å². The predicted octanol–water partition coefficient (Wildman–Crippen LogP) is 1.75. The fourth-order valence-corrected chi connectivity index (χ4v) is 2.51. The molecule has 0 N–H and O–H groups in total. The van der Waals surface area contributed by atoms with Crippen LogP contribution < -0.4 is 0 Å². The van der Waals surface area contributed by atoms with E-state index in [1.165, 1.54) is 12.8 Å². The molecule has 0 spiro atoms. The van der Waals surface area contributed by atoms with Gasteiger partial charge in [-0.25, -0.2) is 0 Å². The molecule has 2 aliphatic rings. The Labute approximate surface area is 107 Å². The van der Waals surface area contributed by atoms with Crippen molar-refractivity contribution in [3.8, 4) is 0 Å². The van der Waals surface area contributed by atoms with Crippen LogP contribution in [0.25, 0.3) is 0 Å². The Morgan fingerprint density at radius 1 is 1.44 bits per heavy atom. The van der Waals surface area contributed by atoms with Crippen molar-refractivity contribution in [2.45, 2.75) is 45.1 Å². The lowest BCUT2D eigenvalue weighted by atomic mass is 9.94. The molecule has 5 heteroatoms. The van der Waals surface area contributed by atoms with E-state index in [-0.39, 0.29) is 5.92 Å². The summed E-state index contributed by atoms with van der Waals surface area (Å²) >= 11 is 0. The number of aromatic nitrogens is 2. The van der Waals surface area contributed by atoms with E-state index in [0.29, 0.717) is 24.7 Å². The second kappa shape index (κ2) is 4.80. The van der Waals surface area contributed by atoms with E-state index in [2.05, 4.69) is 22.0 Å². The van der Waals surface area contributed by atoms with Crippen LogP contribution in [0, 0.1) is 5.92 Å². The Morgan fingerprint density at radius 3 is 3.00 bits per heavy atom. The number of hydrogen-bond acceptors (Lipinski definition) is 5. The molecule has 1 aliphatic heterocycles. The van der Waals surface area contributed by atoms with Crippen LogP contribution in [0.3, 0.4) is 0 Å². The number of rotatable bonds is 4. The highest BCUT2D eigenvalue weighted by Crippen LogP contribution is 2.38. The van der Waals surface area contributed by atoms with Crippen molar-refractivity contribution in [3.05, 3.63) is 11.7 Å². The third-order valence-corrected chi connectivity index (χ3v) is 3.88. The van der Waals surface area contributed by atoms with E-state index >= 15 is 0 Å². The summed E-state index contributed by atoms with van der Waals surface area (Å²) in [7, 11) is 0. The molecule has 18 heavy (non-hydrogen) atoms. The van der Waals surface area contributed by atoms with E-state index in [1.807, 2.05) is 0 Å². The van der Waals surface area contributed by atoms with Gasteiger partial charge >= 0.3 is 0 Å². The average Bonchev–Trinajstić information content (AvgIpc) is 3.13. The number of likely N-dealkylation sites (tertiary alicyclic amines) is 1. The SMILES string of the molecule is CCC1CN(Cc2noc(C3CC3)n2)CCC1=O. The number of piperidine rings is 1. The quantitative estimate of drug-likeness (QED) is 0.813. The molecule has 0 radical (unpaired) electrons. The fraction of sp³-hybridized carbons (Fsp3) is 0.769. The van der Waals surface area contributed by atoms with Crippen molar-refractivity contribution < 1.29 is 9.32 Å². The number of nitrogens with zero attached hydrogens (tertiary/aromatic N) is 3. The molecular formula is C13H19N3O2. The van der Waals surface area contributed by atoms with E-state index in [9.17, 15) is 4.79 Å². The van der Waals surface area contributed by atoms with Gasteiger partial charge in [-0.1, -0.05) is 12.1 Å². The van der Waals surface area contributed by atoms with Gasteiger partial charge in [-0.05, 0) is 19.3 Å². The highest BCUT2D eigenvalue weighted by molar-refractivity contribution is 5.82. The van der Waals surface area contributed by atoms with Gasteiger partial charge in [0.05, 0.1) is 6.54 Å². The van der Waals surface area contributed by atoms with E-state index < -0.39 is 0 Å². The molecule has 5 nitrogen and oxygen atoms in total. The monoisotopic (exact) mass is 249 g/mol. The molecule has 2 fully saturated rings. The molecule has 1 saturated carbocycles. The summed E-state index contributed by atoms with van der Waals surface area (Å²) in [5, 5.41) is 4.03. The summed E-state index contributed by atoms with van der Waals surface area (Å²) in [4.78, 5) is 18.3. The second-order valence-corrected chi connectivity index (χ2v) is 5.38. The van der Waals surface area contributed by atoms with Crippen LogP contribution in [0.5, 0.6) is 0 Å². The smallest absolute Gasteiger partial charge is 0.229 e. The molecule has 0 amide bonds. The minimum absolute atomic E-state index is 0.188. The fourth-order valence-electron chi connectivity index (χ4n) is 2.51. The van der Waals surface area contributed by atoms with Crippen LogP contribution in [0.15, 0.2) is 4.52 Å². The maximum atomic E-state index is 11.6. The van der Waals surface area contributed by atoms with Gasteiger partial charge in [-0.3, -0.25) is 9.69 Å². The molecule has 0 aromatic carbocycles. The Balaban J connectivity index is 1.59. The van der Waals surface area contributed by atoms with Gasteiger partial charge in [0.15, 0.2) is 5.82 Å². The normalized spacial score (nSPS) is 25.6. The minimum atomic E-state index is 0.188. The molecular weight excluding hydrogens is 230 g/mol. The van der Waals surface area contributed by atoms with Crippen LogP contribution in [-0.4, -0.2) is 33.9 Å². The largest absolute Gasteiger partial charge is 0.339 e. The van der Waals surface area contributed by atoms with E-state index in [4.69, 9.17) is 4.52 Å². The van der Waals surface area contributed by atoms with Gasteiger partial charge < -0.3 is 4.52 Å². The molecule has 98 valence electrons. The lowest BCUT2D eigenvalue weighted by molar-refractivity contribution is -0.126. The summed E-state index contributed by atoms with van der Waals surface area (Å²) in [6.07, 6.45) is 3.94. The molecule has 3 rings (SSSR count). The van der Waals surface area contributed by atoms with Crippen molar-refractivity contribution in [2.24, 2.45) is 5.92 Å². The number of hydrogen-bond donors (Lipinski definition) is 0. The van der Waals surface area contributed by atoms with Crippen molar-refractivity contribution in [3.63, 3.8) is 0 Å². The van der Waals surface area contributed by atoms with Gasteiger partial charge in [-0.2, -0.15) is 4.98 Å². The maximum Gasteiger partial charge on any atom is 0.229 e. The Bertz CT molecular complexity index is 439. The maximum absolute atomic E-state index is 11.6. The first-order chi connectivity index (χ1) is 8.76. The van der Waals surface area contributed by atoms with Gasteiger partial charge in [0, 0.05) is 31.3 Å². The van der Waals surface area contributed by atoms with Gasteiger partial charge in [0.2, 0.25) is 5.89 Å². The number of ketones is 1. The molecule has 1 aliphatic carbocycles. The van der Waals surface area contributed by atoms with Crippen LogP contribution in [-0.2, 0) is 11.3 Å². The average molecular weight is 249 g/mol. The number of Topliss-reactive ketones (excluding diaryl/α,β-unsaturated/α-hetero) is 1. The Hall–Kier alpha value is -1.23. The lowest BCUT2D eigenvalue weighted by Crippen LogP contribution is -2.40. The zero-order valence-electron chi connectivity index (χ0n) is 10.8. The molecule has 1 atom stereocenters. The molecule has 1 saturated heterocycles. The first-order valence-electron chi connectivity index (χ1n) is 6.83. The van der Waals surface area contributed by atoms with E-state index in [1.54, 1.807) is 0 Å². The van der Waals surface area contributed by atoms with E-state index in [0.717, 1.165) is 31.2 Å². The molecule has 1 unspecified atom stereocenters. The second-order valence-electron chi connectivity index (χ2n) is 5.38. The van der Waals surface area contributed by atoms with Crippen LogP contribution in [0.2, 0.25) is 0 Å².